The molecular weight excluding hydrogens is 392 g/mol. The van der Waals surface area contributed by atoms with Gasteiger partial charge in [0.1, 0.15) is 5.82 Å². The van der Waals surface area contributed by atoms with Crippen molar-refractivity contribution in [3.63, 3.8) is 0 Å². The van der Waals surface area contributed by atoms with Gasteiger partial charge >= 0.3 is 7.67 Å². The van der Waals surface area contributed by atoms with E-state index in [-0.39, 0.29) is 11.9 Å². The number of hydrogen-bond donors (Lipinski definition) is 0. The Kier molecular flexibility index (Phi) is 7.22. The molecule has 0 radical (unpaired) electrons. The maximum atomic E-state index is 13.5. The van der Waals surface area contributed by atoms with E-state index in [4.69, 9.17) is 9.26 Å². The lowest BCUT2D eigenvalue weighted by molar-refractivity contribution is -0.172. The fourth-order valence-electron chi connectivity index (χ4n) is 3.48. The van der Waals surface area contributed by atoms with E-state index in [1.165, 1.54) is 12.1 Å². The summed E-state index contributed by atoms with van der Waals surface area (Å²) in [5, 5.41) is 0. The van der Waals surface area contributed by atoms with Crippen LogP contribution in [0.1, 0.15) is 17.2 Å². The van der Waals surface area contributed by atoms with E-state index in [0.29, 0.717) is 19.7 Å². The summed E-state index contributed by atoms with van der Waals surface area (Å²) in [4.78, 5) is 2.23. The zero-order valence-electron chi connectivity index (χ0n) is 17.4. The highest BCUT2D eigenvalue weighted by molar-refractivity contribution is 7.53. The Bertz CT molecular complexity index is 821. The van der Waals surface area contributed by atoms with Crippen molar-refractivity contribution in [3.05, 3.63) is 71.5 Å². The molecule has 1 saturated heterocycles. The summed E-state index contributed by atoms with van der Waals surface area (Å²) < 4.78 is 42.2. The number of nitrogens with zero attached hydrogens (tertiary/aromatic N) is 3. The highest BCUT2D eigenvalue weighted by atomic mass is 31.2. The smallest absolute Gasteiger partial charge is 0.347 e. The lowest BCUT2D eigenvalue weighted by Gasteiger charge is -2.43. The van der Waals surface area contributed by atoms with Gasteiger partial charge in [-0.1, -0.05) is 42.5 Å². The molecule has 158 valence electrons. The largest absolute Gasteiger partial charge is 0.349 e. The maximum Gasteiger partial charge on any atom is 0.347 e. The van der Waals surface area contributed by atoms with E-state index in [9.17, 15) is 8.96 Å². The Labute approximate surface area is 172 Å². The Hall–Kier alpha value is -1.60. The van der Waals surface area contributed by atoms with Gasteiger partial charge in [-0.05, 0) is 51.5 Å². The summed E-state index contributed by atoms with van der Waals surface area (Å²) >= 11 is 0. The predicted molar refractivity (Wildman–Crippen MR) is 112 cm³/mol. The van der Waals surface area contributed by atoms with Crippen LogP contribution in [-0.4, -0.2) is 61.9 Å². The molecule has 6 nitrogen and oxygen atoms in total. The molecule has 2 aromatic carbocycles. The van der Waals surface area contributed by atoms with Gasteiger partial charge in [0.15, 0.2) is 6.29 Å². The van der Waals surface area contributed by atoms with Gasteiger partial charge < -0.3 is 4.74 Å². The average molecular weight is 421 g/mol. The van der Waals surface area contributed by atoms with Gasteiger partial charge in [-0.25, -0.2) is 13.7 Å². The molecule has 1 heterocycles. The van der Waals surface area contributed by atoms with Crippen molar-refractivity contribution in [2.24, 2.45) is 0 Å². The summed E-state index contributed by atoms with van der Waals surface area (Å²) in [6.07, 6.45) is -0.756. The molecule has 0 aliphatic carbocycles. The quantitative estimate of drug-likeness (QED) is 0.631. The van der Waals surface area contributed by atoms with Gasteiger partial charge in [0, 0.05) is 13.1 Å². The van der Waals surface area contributed by atoms with Crippen LogP contribution in [0.3, 0.4) is 0 Å². The van der Waals surface area contributed by atoms with Crippen LogP contribution in [0.25, 0.3) is 0 Å². The van der Waals surface area contributed by atoms with Crippen LogP contribution in [0.15, 0.2) is 54.6 Å². The van der Waals surface area contributed by atoms with Gasteiger partial charge in [0.25, 0.3) is 0 Å². The molecule has 0 spiro atoms. The number of rotatable bonds is 7. The zero-order valence-corrected chi connectivity index (χ0v) is 18.3. The summed E-state index contributed by atoms with van der Waals surface area (Å²) in [6.45, 7) is 1.82. The summed E-state index contributed by atoms with van der Waals surface area (Å²) in [5.41, 5.74) is 2.01. The van der Waals surface area contributed by atoms with Crippen molar-refractivity contribution in [1.82, 2.24) is 14.2 Å². The monoisotopic (exact) mass is 421 g/mol. The molecule has 0 N–H and O–H groups in total. The number of halogens is 1. The maximum absolute atomic E-state index is 13.5. The normalized spacial score (nSPS) is 21.1. The van der Waals surface area contributed by atoms with E-state index in [1.807, 2.05) is 18.2 Å². The van der Waals surface area contributed by atoms with Crippen LogP contribution in [-0.2, 0) is 20.4 Å². The van der Waals surface area contributed by atoms with Crippen LogP contribution in [0, 0.1) is 5.82 Å². The van der Waals surface area contributed by atoms with E-state index in [2.05, 4.69) is 17.0 Å². The Morgan fingerprint density at radius 3 is 2.28 bits per heavy atom. The van der Waals surface area contributed by atoms with Crippen molar-refractivity contribution in [2.45, 2.75) is 18.9 Å². The van der Waals surface area contributed by atoms with Gasteiger partial charge in [0.05, 0.1) is 12.6 Å². The number of benzene rings is 2. The first kappa shape index (κ1) is 22.1. The Morgan fingerprint density at radius 2 is 1.69 bits per heavy atom. The molecule has 3 rings (SSSR count). The summed E-state index contributed by atoms with van der Waals surface area (Å²) in [6, 6.07) is 16.1. The highest BCUT2D eigenvalue weighted by Gasteiger charge is 2.41. The topological polar surface area (TPSA) is 45.3 Å². The third-order valence-corrected chi connectivity index (χ3v) is 7.51. The van der Waals surface area contributed by atoms with Crippen molar-refractivity contribution in [1.29, 1.82) is 0 Å². The second-order valence-corrected chi connectivity index (χ2v) is 10.3. The lowest BCUT2D eigenvalue weighted by Crippen LogP contribution is -2.46. The Balaban J connectivity index is 1.94. The molecule has 0 amide bonds. The van der Waals surface area contributed by atoms with Crippen LogP contribution < -0.4 is 0 Å². The van der Waals surface area contributed by atoms with Crippen LogP contribution in [0.4, 0.5) is 4.39 Å². The second kappa shape index (κ2) is 9.47. The molecule has 1 aliphatic rings. The molecule has 0 bridgehead atoms. The fraction of sp³-hybridized carbons (Fsp3) is 0.429. The van der Waals surface area contributed by atoms with E-state index >= 15 is 0 Å². The molecule has 29 heavy (non-hydrogen) atoms. The van der Waals surface area contributed by atoms with E-state index in [1.54, 1.807) is 49.7 Å². The number of morpholine rings is 1. The van der Waals surface area contributed by atoms with E-state index < -0.39 is 14.0 Å². The van der Waals surface area contributed by atoms with Gasteiger partial charge in [-0.2, -0.15) is 0 Å². The zero-order chi connectivity index (χ0) is 21.0. The number of ether oxygens (including phenoxy) is 1. The predicted octanol–water partition coefficient (Wildman–Crippen LogP) is 3.97. The molecule has 8 heteroatoms. The van der Waals surface area contributed by atoms with Crippen LogP contribution in [0.5, 0.6) is 0 Å². The minimum absolute atomic E-state index is 0.301. The molecule has 0 aromatic heterocycles. The molecule has 2 aromatic rings. The summed E-state index contributed by atoms with van der Waals surface area (Å²) in [5.74, 6) is -0.301. The minimum atomic E-state index is -3.27. The number of hydrogen-bond acceptors (Lipinski definition) is 4. The van der Waals surface area contributed by atoms with Crippen molar-refractivity contribution in [2.75, 3.05) is 41.3 Å². The van der Waals surface area contributed by atoms with E-state index in [0.717, 1.165) is 11.1 Å². The minimum Gasteiger partial charge on any atom is -0.349 e. The first-order chi connectivity index (χ1) is 13.8. The molecule has 1 aliphatic heterocycles. The SMILES string of the molecule is CN(C)P(=O)(O[C@@H]1OCCN(Cc2ccccc2)[C@H]1c1ccc(F)cc1)N(C)C. The van der Waals surface area contributed by atoms with Crippen molar-refractivity contribution in [3.8, 4) is 0 Å². The summed E-state index contributed by atoms with van der Waals surface area (Å²) in [7, 11) is 3.61. The lowest BCUT2D eigenvalue weighted by atomic mass is 10.0. The van der Waals surface area contributed by atoms with Gasteiger partial charge in [-0.15, -0.1) is 0 Å². The van der Waals surface area contributed by atoms with Gasteiger partial charge in [0.2, 0.25) is 0 Å². The third-order valence-electron chi connectivity index (χ3n) is 5.00. The van der Waals surface area contributed by atoms with Crippen LogP contribution in [0.2, 0.25) is 0 Å². The molecular formula is C21H29FN3O3P. The molecule has 0 unspecified atom stereocenters. The second-order valence-electron chi connectivity index (χ2n) is 7.48. The molecule has 1 fully saturated rings. The van der Waals surface area contributed by atoms with Crippen molar-refractivity contribution < 1.29 is 18.2 Å². The highest BCUT2D eigenvalue weighted by Crippen LogP contribution is 2.53. The average Bonchev–Trinajstić information content (AvgIpc) is 2.69. The first-order valence-corrected chi connectivity index (χ1v) is 11.1. The molecule has 0 saturated carbocycles. The first-order valence-electron chi connectivity index (χ1n) is 9.60. The Morgan fingerprint density at radius 1 is 1.07 bits per heavy atom. The van der Waals surface area contributed by atoms with Crippen LogP contribution >= 0.6 is 7.67 Å². The fourth-order valence-corrected chi connectivity index (χ4v) is 5.02. The van der Waals surface area contributed by atoms with Crippen molar-refractivity contribution >= 4 is 7.67 Å². The standard InChI is InChI=1S/C21H29FN3O3P/c1-23(2)29(26,24(3)4)28-21-20(18-10-12-19(22)13-11-18)25(14-15-27-21)16-17-8-6-5-7-9-17/h5-13,20-21H,14-16H2,1-4H3/t20-,21-/m0/s1. The third kappa shape index (κ3) is 5.12. The molecule has 2 atom stereocenters. The van der Waals surface area contributed by atoms with Gasteiger partial charge in [-0.3, -0.25) is 14.0 Å².